The second-order valence-electron chi connectivity index (χ2n) is 6.36. The lowest BCUT2D eigenvalue weighted by molar-refractivity contribution is -0.00716. The minimum atomic E-state index is -0.144. The summed E-state index contributed by atoms with van der Waals surface area (Å²) in [6.45, 7) is 5.37. The summed E-state index contributed by atoms with van der Waals surface area (Å²) < 4.78 is 14.6. The SMILES string of the molecule is COCCn1nc2c(c1C(=O)NCc1nccn1C)C[C@H](C)O[C@@H]2C. The number of rotatable bonds is 6. The number of hydrogen-bond acceptors (Lipinski definition) is 5. The predicted molar refractivity (Wildman–Crippen MR) is 91.1 cm³/mol. The number of imidazole rings is 1. The van der Waals surface area contributed by atoms with Crippen molar-refractivity contribution < 1.29 is 14.3 Å². The molecule has 3 heterocycles. The van der Waals surface area contributed by atoms with Crippen molar-refractivity contribution in [2.75, 3.05) is 13.7 Å². The molecular formula is C17H25N5O3. The third-order valence-electron chi connectivity index (χ3n) is 4.44. The van der Waals surface area contributed by atoms with Gasteiger partial charge in [0.15, 0.2) is 0 Å². The third-order valence-corrected chi connectivity index (χ3v) is 4.44. The monoisotopic (exact) mass is 347 g/mol. The van der Waals surface area contributed by atoms with Crippen molar-refractivity contribution in [3.63, 3.8) is 0 Å². The summed E-state index contributed by atoms with van der Waals surface area (Å²) in [6.07, 6.45) is 4.18. The van der Waals surface area contributed by atoms with Gasteiger partial charge in [-0.3, -0.25) is 9.48 Å². The molecule has 0 aromatic carbocycles. The van der Waals surface area contributed by atoms with Crippen molar-refractivity contribution in [2.24, 2.45) is 7.05 Å². The predicted octanol–water partition coefficient (Wildman–Crippen LogP) is 1.22. The van der Waals surface area contributed by atoms with Gasteiger partial charge in [-0.2, -0.15) is 5.10 Å². The highest BCUT2D eigenvalue weighted by Crippen LogP contribution is 2.31. The average Bonchev–Trinajstić information content (AvgIpc) is 3.14. The maximum absolute atomic E-state index is 12.9. The zero-order chi connectivity index (χ0) is 18.0. The van der Waals surface area contributed by atoms with Gasteiger partial charge >= 0.3 is 0 Å². The van der Waals surface area contributed by atoms with Crippen LogP contribution in [0, 0.1) is 0 Å². The average molecular weight is 347 g/mol. The highest BCUT2D eigenvalue weighted by atomic mass is 16.5. The van der Waals surface area contributed by atoms with Crippen LogP contribution in [-0.2, 0) is 36.0 Å². The van der Waals surface area contributed by atoms with Crippen LogP contribution < -0.4 is 5.32 Å². The lowest BCUT2D eigenvalue weighted by Crippen LogP contribution is -2.30. The van der Waals surface area contributed by atoms with Gasteiger partial charge in [0, 0.05) is 38.5 Å². The first-order valence-electron chi connectivity index (χ1n) is 8.49. The molecule has 1 aliphatic rings. The second-order valence-corrected chi connectivity index (χ2v) is 6.36. The molecule has 1 N–H and O–H groups in total. The van der Waals surface area contributed by atoms with Crippen molar-refractivity contribution >= 4 is 5.91 Å². The van der Waals surface area contributed by atoms with Crippen molar-refractivity contribution in [2.45, 2.75) is 45.6 Å². The number of aromatic nitrogens is 4. The largest absolute Gasteiger partial charge is 0.383 e. The smallest absolute Gasteiger partial charge is 0.270 e. The van der Waals surface area contributed by atoms with Gasteiger partial charge in [0.25, 0.3) is 5.91 Å². The zero-order valence-electron chi connectivity index (χ0n) is 15.2. The standard InChI is InChI=1S/C17H25N5O3/c1-11-9-13-15(12(2)25-11)20-22(7-8-24-4)16(13)17(23)19-10-14-18-5-6-21(14)3/h5-6,11-12H,7-10H2,1-4H3,(H,19,23)/t11-,12+/m0/s1. The summed E-state index contributed by atoms with van der Waals surface area (Å²) in [5.41, 5.74) is 2.42. The first kappa shape index (κ1) is 17.6. The number of methoxy groups -OCH3 is 1. The maximum Gasteiger partial charge on any atom is 0.270 e. The van der Waals surface area contributed by atoms with E-state index in [-0.39, 0.29) is 18.1 Å². The van der Waals surface area contributed by atoms with E-state index < -0.39 is 0 Å². The van der Waals surface area contributed by atoms with Gasteiger partial charge in [-0.05, 0) is 13.8 Å². The summed E-state index contributed by atoms with van der Waals surface area (Å²) in [5.74, 6) is 0.657. The topological polar surface area (TPSA) is 83.2 Å². The van der Waals surface area contributed by atoms with Crippen LogP contribution in [0.15, 0.2) is 12.4 Å². The van der Waals surface area contributed by atoms with E-state index in [1.54, 1.807) is 18.0 Å². The molecule has 0 fully saturated rings. The second kappa shape index (κ2) is 7.37. The Morgan fingerprint density at radius 3 is 2.96 bits per heavy atom. The molecule has 2 atom stereocenters. The molecule has 2 aromatic rings. The normalized spacial score (nSPS) is 19.7. The molecule has 25 heavy (non-hydrogen) atoms. The molecule has 8 heteroatoms. The first-order chi connectivity index (χ1) is 12.0. The van der Waals surface area contributed by atoms with Crippen LogP contribution in [0.1, 0.15) is 47.5 Å². The summed E-state index contributed by atoms with van der Waals surface area (Å²) in [6, 6.07) is 0. The fourth-order valence-electron chi connectivity index (χ4n) is 3.20. The van der Waals surface area contributed by atoms with E-state index in [0.29, 0.717) is 31.8 Å². The van der Waals surface area contributed by atoms with Gasteiger partial charge in [-0.25, -0.2) is 4.98 Å². The highest BCUT2D eigenvalue weighted by Gasteiger charge is 2.32. The Morgan fingerprint density at radius 1 is 1.48 bits per heavy atom. The Balaban J connectivity index is 1.87. The number of carbonyl (C=O) groups is 1. The molecule has 8 nitrogen and oxygen atoms in total. The molecule has 3 rings (SSSR count). The zero-order valence-corrected chi connectivity index (χ0v) is 15.2. The Morgan fingerprint density at radius 2 is 2.28 bits per heavy atom. The molecule has 1 amide bonds. The molecule has 0 saturated heterocycles. The summed E-state index contributed by atoms with van der Waals surface area (Å²) in [5, 5.41) is 7.58. The van der Waals surface area contributed by atoms with E-state index in [2.05, 4.69) is 15.4 Å². The van der Waals surface area contributed by atoms with Crippen molar-refractivity contribution in [3.05, 3.63) is 35.2 Å². The molecule has 0 spiro atoms. The number of carbonyl (C=O) groups excluding carboxylic acids is 1. The number of nitrogens with zero attached hydrogens (tertiary/aromatic N) is 4. The maximum atomic E-state index is 12.9. The van der Waals surface area contributed by atoms with E-state index in [1.165, 1.54) is 0 Å². The molecule has 1 aliphatic heterocycles. The number of hydrogen-bond donors (Lipinski definition) is 1. The number of amides is 1. The molecule has 0 radical (unpaired) electrons. The van der Waals surface area contributed by atoms with Crippen LogP contribution in [-0.4, -0.2) is 45.1 Å². The van der Waals surface area contributed by atoms with Crippen LogP contribution >= 0.6 is 0 Å². The molecule has 136 valence electrons. The Bertz CT molecular complexity index is 752. The van der Waals surface area contributed by atoms with Gasteiger partial charge in [0.2, 0.25) is 0 Å². The summed E-state index contributed by atoms with van der Waals surface area (Å²) in [4.78, 5) is 17.1. The molecule has 0 saturated carbocycles. The van der Waals surface area contributed by atoms with Crippen LogP contribution in [0.25, 0.3) is 0 Å². The van der Waals surface area contributed by atoms with Gasteiger partial charge in [-0.15, -0.1) is 0 Å². The Labute approximate surface area is 147 Å². The highest BCUT2D eigenvalue weighted by molar-refractivity contribution is 5.94. The number of nitrogens with one attached hydrogen (secondary N) is 1. The van der Waals surface area contributed by atoms with Gasteiger partial charge in [-0.1, -0.05) is 0 Å². The summed E-state index contributed by atoms with van der Waals surface area (Å²) >= 11 is 0. The number of aryl methyl sites for hydroxylation is 1. The fourth-order valence-corrected chi connectivity index (χ4v) is 3.20. The molecule has 0 bridgehead atoms. The van der Waals surface area contributed by atoms with E-state index in [0.717, 1.165) is 17.1 Å². The van der Waals surface area contributed by atoms with E-state index in [4.69, 9.17) is 9.47 Å². The molecule has 0 unspecified atom stereocenters. The first-order valence-corrected chi connectivity index (χ1v) is 8.49. The number of ether oxygens (including phenoxy) is 2. The Kier molecular flexibility index (Phi) is 5.19. The van der Waals surface area contributed by atoms with Crippen molar-refractivity contribution in [1.82, 2.24) is 24.6 Å². The minimum Gasteiger partial charge on any atom is -0.383 e. The molecule has 0 aliphatic carbocycles. The van der Waals surface area contributed by atoms with Crippen LogP contribution in [0.5, 0.6) is 0 Å². The lowest BCUT2D eigenvalue weighted by atomic mass is 9.99. The van der Waals surface area contributed by atoms with Gasteiger partial charge < -0.3 is 19.4 Å². The van der Waals surface area contributed by atoms with E-state index in [9.17, 15) is 4.79 Å². The molecule has 2 aromatic heterocycles. The van der Waals surface area contributed by atoms with Crippen LogP contribution in [0.2, 0.25) is 0 Å². The van der Waals surface area contributed by atoms with Crippen molar-refractivity contribution in [3.8, 4) is 0 Å². The summed E-state index contributed by atoms with van der Waals surface area (Å²) in [7, 11) is 3.54. The quantitative estimate of drug-likeness (QED) is 0.849. The molecular weight excluding hydrogens is 322 g/mol. The third kappa shape index (κ3) is 3.59. The fraction of sp³-hybridized carbons (Fsp3) is 0.588. The van der Waals surface area contributed by atoms with Crippen LogP contribution in [0.4, 0.5) is 0 Å². The van der Waals surface area contributed by atoms with Crippen LogP contribution in [0.3, 0.4) is 0 Å². The lowest BCUT2D eigenvalue weighted by Gasteiger charge is -2.24. The van der Waals surface area contributed by atoms with E-state index >= 15 is 0 Å². The van der Waals surface area contributed by atoms with E-state index in [1.807, 2.05) is 31.7 Å². The van der Waals surface area contributed by atoms with Crippen molar-refractivity contribution in [1.29, 1.82) is 0 Å². The number of fused-ring (bicyclic) bond motifs is 1. The minimum absolute atomic E-state index is 0.0589. The Hall–Kier alpha value is -2.19. The van der Waals surface area contributed by atoms with Gasteiger partial charge in [0.1, 0.15) is 11.5 Å². The van der Waals surface area contributed by atoms with Gasteiger partial charge in [0.05, 0.1) is 37.6 Å².